The van der Waals surface area contributed by atoms with Crippen molar-refractivity contribution in [2.24, 2.45) is 0 Å². The van der Waals surface area contributed by atoms with E-state index in [1.165, 1.54) is 0 Å². The maximum Gasteiger partial charge on any atom is 0.141 e. The van der Waals surface area contributed by atoms with E-state index in [9.17, 15) is 5.26 Å². The Morgan fingerprint density at radius 3 is 2.84 bits per heavy atom. The predicted octanol–water partition coefficient (Wildman–Crippen LogP) is 2.71. The Kier molecular flexibility index (Phi) is 2.77. The average Bonchev–Trinajstić information content (AvgIpc) is 2.83. The number of rotatable bonds is 1. The van der Waals surface area contributed by atoms with Crippen LogP contribution < -0.4 is 10.6 Å². The van der Waals surface area contributed by atoms with Crippen LogP contribution >= 0.6 is 11.6 Å². The molecule has 19 heavy (non-hydrogen) atoms. The molecular weight excluding hydrogens is 260 g/mol. The summed E-state index contributed by atoms with van der Waals surface area (Å²) in [5.41, 5.74) is 9.17. The van der Waals surface area contributed by atoms with Crippen molar-refractivity contribution in [1.29, 1.82) is 5.26 Å². The number of para-hydroxylation sites is 1. The highest BCUT2D eigenvalue weighted by atomic mass is 35.5. The molecule has 0 amide bonds. The van der Waals surface area contributed by atoms with Crippen LogP contribution in [0.5, 0.6) is 0 Å². The van der Waals surface area contributed by atoms with Gasteiger partial charge in [0.2, 0.25) is 0 Å². The van der Waals surface area contributed by atoms with Gasteiger partial charge in [-0.25, -0.2) is 4.98 Å². The molecule has 0 fully saturated rings. The maximum absolute atomic E-state index is 9.18. The Balaban J connectivity index is 2.02. The number of halogens is 1. The second-order valence-electron chi connectivity index (χ2n) is 4.44. The summed E-state index contributed by atoms with van der Waals surface area (Å²) in [6.45, 7) is 1.33. The van der Waals surface area contributed by atoms with Crippen LogP contribution in [-0.2, 0) is 13.1 Å². The number of nitrogens with two attached hydrogens (primary N) is 1. The van der Waals surface area contributed by atoms with E-state index in [0.717, 1.165) is 16.8 Å². The fraction of sp³-hybridized carbons (Fsp3) is 0.143. The van der Waals surface area contributed by atoms with Gasteiger partial charge in [0.1, 0.15) is 11.9 Å². The summed E-state index contributed by atoms with van der Waals surface area (Å²) in [6, 6.07) is 9.81. The van der Waals surface area contributed by atoms with Gasteiger partial charge in [-0.05, 0) is 23.3 Å². The molecule has 1 aromatic carbocycles. The molecule has 5 heteroatoms. The van der Waals surface area contributed by atoms with E-state index < -0.39 is 0 Å². The van der Waals surface area contributed by atoms with Gasteiger partial charge < -0.3 is 10.6 Å². The molecule has 1 aliphatic rings. The molecule has 0 unspecified atom stereocenters. The zero-order valence-electron chi connectivity index (χ0n) is 10.1. The lowest BCUT2D eigenvalue weighted by Gasteiger charge is -2.18. The van der Waals surface area contributed by atoms with E-state index in [2.05, 4.69) is 16.0 Å². The van der Waals surface area contributed by atoms with E-state index in [4.69, 9.17) is 17.3 Å². The van der Waals surface area contributed by atoms with Crippen molar-refractivity contribution < 1.29 is 0 Å². The summed E-state index contributed by atoms with van der Waals surface area (Å²) < 4.78 is 0. The molecule has 0 atom stereocenters. The number of nitriles is 1. The molecule has 1 aromatic heterocycles. The lowest BCUT2D eigenvalue weighted by atomic mass is 10.1. The molecule has 0 aliphatic carbocycles. The molecule has 0 radical (unpaired) electrons. The highest BCUT2D eigenvalue weighted by Crippen LogP contribution is 2.34. The fourth-order valence-electron chi connectivity index (χ4n) is 2.38. The molecule has 94 valence electrons. The van der Waals surface area contributed by atoms with Gasteiger partial charge in [0.05, 0.1) is 16.3 Å². The van der Waals surface area contributed by atoms with Crippen LogP contribution in [0.15, 0.2) is 30.5 Å². The SMILES string of the molecule is N#Cc1c(N)ncc2c1CN(c1ccccc1Cl)C2. The monoisotopic (exact) mass is 270 g/mol. The fourth-order valence-corrected chi connectivity index (χ4v) is 2.63. The average molecular weight is 271 g/mol. The van der Waals surface area contributed by atoms with Gasteiger partial charge in [0.15, 0.2) is 0 Å². The Labute approximate surface area is 116 Å². The first-order valence-electron chi connectivity index (χ1n) is 5.86. The third-order valence-corrected chi connectivity index (χ3v) is 3.64. The van der Waals surface area contributed by atoms with Gasteiger partial charge in [0.25, 0.3) is 0 Å². The van der Waals surface area contributed by atoms with Gasteiger partial charge in [-0.3, -0.25) is 0 Å². The standard InChI is InChI=1S/C14H11ClN4/c15-12-3-1-2-4-13(12)19-7-9-6-18-14(17)10(5-16)11(9)8-19/h1-4,6H,7-8H2,(H2,17,18). The predicted molar refractivity (Wildman–Crippen MR) is 74.7 cm³/mol. The first-order chi connectivity index (χ1) is 9.20. The minimum absolute atomic E-state index is 0.294. The molecule has 0 spiro atoms. The van der Waals surface area contributed by atoms with E-state index in [0.29, 0.717) is 29.5 Å². The summed E-state index contributed by atoms with van der Waals surface area (Å²) >= 11 is 6.21. The van der Waals surface area contributed by atoms with Crippen LogP contribution in [0.4, 0.5) is 11.5 Å². The lowest BCUT2D eigenvalue weighted by Crippen LogP contribution is -2.14. The van der Waals surface area contributed by atoms with E-state index in [-0.39, 0.29) is 0 Å². The number of hydrogen-bond acceptors (Lipinski definition) is 4. The second-order valence-corrected chi connectivity index (χ2v) is 4.85. The lowest BCUT2D eigenvalue weighted by molar-refractivity contribution is 0.879. The number of nitrogen functional groups attached to an aromatic ring is 1. The molecular formula is C14H11ClN4. The van der Waals surface area contributed by atoms with Gasteiger partial charge in [0, 0.05) is 19.3 Å². The number of fused-ring (bicyclic) bond motifs is 1. The second kappa shape index (κ2) is 4.45. The van der Waals surface area contributed by atoms with Crippen LogP contribution in [0.3, 0.4) is 0 Å². The van der Waals surface area contributed by atoms with Gasteiger partial charge >= 0.3 is 0 Å². The Hall–Kier alpha value is -2.25. The molecule has 0 saturated carbocycles. The number of pyridine rings is 1. The Morgan fingerprint density at radius 2 is 2.11 bits per heavy atom. The van der Waals surface area contributed by atoms with Crippen LogP contribution in [0.1, 0.15) is 16.7 Å². The van der Waals surface area contributed by atoms with Crippen LogP contribution in [-0.4, -0.2) is 4.98 Å². The number of hydrogen-bond donors (Lipinski definition) is 1. The summed E-state index contributed by atoms with van der Waals surface area (Å²) in [5.74, 6) is 0.294. The third-order valence-electron chi connectivity index (χ3n) is 3.32. The molecule has 2 N–H and O–H groups in total. The Morgan fingerprint density at radius 1 is 1.32 bits per heavy atom. The highest BCUT2D eigenvalue weighted by Gasteiger charge is 2.25. The van der Waals surface area contributed by atoms with Gasteiger partial charge in [-0.1, -0.05) is 23.7 Å². The number of benzene rings is 1. The zero-order valence-corrected chi connectivity index (χ0v) is 10.9. The van der Waals surface area contributed by atoms with Crippen LogP contribution in [0.25, 0.3) is 0 Å². The number of aromatic nitrogens is 1. The van der Waals surface area contributed by atoms with Crippen molar-refractivity contribution in [3.8, 4) is 6.07 Å². The van der Waals surface area contributed by atoms with Gasteiger partial charge in [-0.2, -0.15) is 5.26 Å². The van der Waals surface area contributed by atoms with Crippen LogP contribution in [0, 0.1) is 11.3 Å². The largest absolute Gasteiger partial charge is 0.383 e. The third kappa shape index (κ3) is 1.88. The summed E-state index contributed by atoms with van der Waals surface area (Å²) in [4.78, 5) is 6.19. The molecule has 1 aliphatic heterocycles. The first kappa shape index (κ1) is 11.8. The quantitative estimate of drug-likeness (QED) is 0.865. The minimum atomic E-state index is 0.294. The maximum atomic E-state index is 9.18. The molecule has 3 rings (SSSR count). The number of nitrogens with zero attached hydrogens (tertiary/aromatic N) is 3. The number of anilines is 2. The van der Waals surface area contributed by atoms with Gasteiger partial charge in [-0.15, -0.1) is 0 Å². The summed E-state index contributed by atoms with van der Waals surface area (Å²) in [7, 11) is 0. The molecule has 0 saturated heterocycles. The smallest absolute Gasteiger partial charge is 0.141 e. The van der Waals surface area contributed by atoms with Crippen molar-refractivity contribution in [2.75, 3.05) is 10.6 Å². The summed E-state index contributed by atoms with van der Waals surface area (Å²) in [6.07, 6.45) is 1.74. The topological polar surface area (TPSA) is 65.9 Å². The van der Waals surface area contributed by atoms with E-state index in [1.807, 2.05) is 24.3 Å². The molecule has 2 aromatic rings. The zero-order chi connectivity index (χ0) is 13.4. The molecule has 4 nitrogen and oxygen atoms in total. The minimum Gasteiger partial charge on any atom is -0.383 e. The normalized spacial score (nSPS) is 13.2. The van der Waals surface area contributed by atoms with Crippen molar-refractivity contribution in [3.05, 3.63) is 52.2 Å². The van der Waals surface area contributed by atoms with Crippen LogP contribution in [0.2, 0.25) is 5.02 Å². The Bertz CT molecular complexity index is 690. The highest BCUT2D eigenvalue weighted by molar-refractivity contribution is 6.33. The molecule has 0 bridgehead atoms. The van der Waals surface area contributed by atoms with Crippen molar-refractivity contribution in [3.63, 3.8) is 0 Å². The van der Waals surface area contributed by atoms with Crippen molar-refractivity contribution in [1.82, 2.24) is 4.98 Å². The van der Waals surface area contributed by atoms with Crippen molar-refractivity contribution >= 4 is 23.1 Å². The first-order valence-corrected chi connectivity index (χ1v) is 6.24. The van der Waals surface area contributed by atoms with E-state index >= 15 is 0 Å². The summed E-state index contributed by atoms with van der Waals surface area (Å²) in [5, 5.41) is 9.88. The van der Waals surface area contributed by atoms with Crippen molar-refractivity contribution in [2.45, 2.75) is 13.1 Å². The molecule has 2 heterocycles. The van der Waals surface area contributed by atoms with E-state index in [1.54, 1.807) is 6.20 Å².